The van der Waals surface area contributed by atoms with Crippen LogP contribution in [0, 0.1) is 5.82 Å². The molecule has 1 rings (SSSR count). The van der Waals surface area contributed by atoms with Crippen LogP contribution in [0.15, 0.2) is 24.3 Å². The molecule has 0 bridgehead atoms. The van der Waals surface area contributed by atoms with Gasteiger partial charge in [0.2, 0.25) is 0 Å². The summed E-state index contributed by atoms with van der Waals surface area (Å²) in [5.41, 5.74) is 1.90. The van der Waals surface area contributed by atoms with E-state index in [0.717, 1.165) is 0 Å². The van der Waals surface area contributed by atoms with E-state index in [2.05, 4.69) is 5.73 Å². The molecule has 0 aromatic heterocycles. The first-order chi connectivity index (χ1) is 5.96. The molecule has 13 heavy (non-hydrogen) atoms. The van der Waals surface area contributed by atoms with E-state index in [0.29, 0.717) is 0 Å². The monoisotopic (exact) mass is 183 g/mol. The van der Waals surface area contributed by atoms with Crippen molar-refractivity contribution >= 4 is 5.97 Å². The molecule has 1 aromatic carbocycles. The number of carbonyl (C=O) groups is 1. The van der Waals surface area contributed by atoms with E-state index in [9.17, 15) is 14.3 Å². The van der Waals surface area contributed by atoms with Crippen LogP contribution in [0.4, 0.5) is 4.39 Å². The molecule has 0 unspecified atom stereocenters. The van der Waals surface area contributed by atoms with E-state index in [-0.39, 0.29) is 5.56 Å². The lowest BCUT2D eigenvalue weighted by molar-refractivity contribution is -0.490. The topological polar surface area (TPSA) is 67.8 Å². The van der Waals surface area contributed by atoms with Crippen LogP contribution in [0.25, 0.3) is 0 Å². The number of carboxylic acids is 1. The zero-order chi connectivity index (χ0) is 10.1. The number of rotatable bonds is 2. The van der Waals surface area contributed by atoms with Crippen molar-refractivity contribution < 1.29 is 20.0 Å². The average Bonchev–Trinajstić information content (AvgIpc) is 2.04. The third kappa shape index (κ3) is 1.67. The minimum absolute atomic E-state index is 0.0370. The highest BCUT2D eigenvalue weighted by Gasteiger charge is 2.30. The first kappa shape index (κ1) is 9.67. The highest BCUT2D eigenvalue weighted by Crippen LogP contribution is 2.17. The Morgan fingerprint density at radius 3 is 2.54 bits per heavy atom. The van der Waals surface area contributed by atoms with Crippen molar-refractivity contribution in [1.82, 2.24) is 0 Å². The zero-order valence-corrected chi connectivity index (χ0v) is 7.21. The van der Waals surface area contributed by atoms with Crippen molar-refractivity contribution in [3.05, 3.63) is 35.6 Å². The maximum absolute atomic E-state index is 13.1. The van der Waals surface area contributed by atoms with Crippen LogP contribution in [-0.4, -0.2) is 5.97 Å². The molecule has 0 aliphatic heterocycles. The van der Waals surface area contributed by atoms with Gasteiger partial charge in [0, 0.05) is 6.92 Å². The molecule has 0 aliphatic carbocycles. The third-order valence-electron chi connectivity index (χ3n) is 1.92. The van der Waals surface area contributed by atoms with Gasteiger partial charge in [-0.2, -0.15) is 0 Å². The van der Waals surface area contributed by atoms with Gasteiger partial charge in [-0.3, -0.25) is 0 Å². The summed E-state index contributed by atoms with van der Waals surface area (Å²) < 4.78 is 13.1. The van der Waals surface area contributed by atoms with Gasteiger partial charge in [0.1, 0.15) is 11.8 Å². The highest BCUT2D eigenvalue weighted by atomic mass is 19.1. The minimum atomic E-state index is -1.54. The van der Waals surface area contributed by atoms with Crippen molar-refractivity contribution in [1.29, 1.82) is 0 Å². The number of carboxylic acid groups (broad SMARTS) is 1. The van der Waals surface area contributed by atoms with Gasteiger partial charge in [-0.05, 0) is 12.1 Å². The molecule has 0 amide bonds. The van der Waals surface area contributed by atoms with Gasteiger partial charge in [0.15, 0.2) is 5.54 Å². The predicted molar refractivity (Wildman–Crippen MR) is 41.6 cm³/mol. The van der Waals surface area contributed by atoms with Crippen molar-refractivity contribution in [3.63, 3.8) is 0 Å². The van der Waals surface area contributed by atoms with Crippen LogP contribution in [0.5, 0.6) is 0 Å². The molecule has 0 radical (unpaired) electrons. The van der Waals surface area contributed by atoms with Crippen LogP contribution < -0.4 is 10.8 Å². The van der Waals surface area contributed by atoms with Crippen LogP contribution in [0.3, 0.4) is 0 Å². The SMILES string of the molecule is C[C@]([NH3+])(C(=O)[O-])c1ccccc1F. The van der Waals surface area contributed by atoms with E-state index < -0.39 is 17.3 Å². The summed E-state index contributed by atoms with van der Waals surface area (Å²) in [5.74, 6) is -1.97. The van der Waals surface area contributed by atoms with Gasteiger partial charge in [0.05, 0.1) is 5.56 Å². The van der Waals surface area contributed by atoms with Crippen LogP contribution in [0.1, 0.15) is 12.5 Å². The summed E-state index contributed by atoms with van der Waals surface area (Å²) in [6, 6.07) is 5.63. The van der Waals surface area contributed by atoms with E-state index >= 15 is 0 Å². The fraction of sp³-hybridized carbons (Fsp3) is 0.222. The summed E-state index contributed by atoms with van der Waals surface area (Å²) in [5, 5.41) is 10.6. The van der Waals surface area contributed by atoms with Crippen LogP contribution in [0.2, 0.25) is 0 Å². The second kappa shape index (κ2) is 3.14. The quantitative estimate of drug-likeness (QED) is 0.641. The maximum Gasteiger partial charge on any atom is 0.160 e. The van der Waals surface area contributed by atoms with Crippen molar-refractivity contribution in [3.8, 4) is 0 Å². The fourth-order valence-electron chi connectivity index (χ4n) is 1.02. The van der Waals surface area contributed by atoms with E-state index in [4.69, 9.17) is 0 Å². The summed E-state index contributed by atoms with van der Waals surface area (Å²) >= 11 is 0. The van der Waals surface area contributed by atoms with Crippen molar-refractivity contribution in [2.75, 3.05) is 0 Å². The number of benzene rings is 1. The molecular formula is C9H10FNO2. The summed E-state index contributed by atoms with van der Waals surface area (Å²) in [6.07, 6.45) is 0. The molecule has 1 atom stereocenters. The molecule has 0 fully saturated rings. The predicted octanol–water partition coefficient (Wildman–Crippen LogP) is -0.967. The Morgan fingerprint density at radius 2 is 2.08 bits per heavy atom. The number of hydrogen-bond acceptors (Lipinski definition) is 2. The molecule has 0 saturated heterocycles. The van der Waals surface area contributed by atoms with Gasteiger partial charge in [0.25, 0.3) is 0 Å². The smallest absolute Gasteiger partial charge is 0.160 e. The lowest BCUT2D eigenvalue weighted by Crippen LogP contribution is -2.75. The van der Waals surface area contributed by atoms with Gasteiger partial charge in [-0.1, -0.05) is 12.1 Å². The molecule has 0 aliphatic rings. The summed E-state index contributed by atoms with van der Waals surface area (Å²) in [4.78, 5) is 10.6. The van der Waals surface area contributed by atoms with E-state index in [1.165, 1.54) is 25.1 Å². The molecule has 0 saturated carbocycles. The standard InChI is InChI=1S/C9H10FNO2/c1-9(11,8(12)13)6-4-2-3-5-7(6)10/h2-5H,11H2,1H3,(H,12,13)/t9-/m1/s1. The Balaban J connectivity index is 3.22. The Hall–Kier alpha value is -1.42. The minimum Gasteiger partial charge on any atom is -0.543 e. The lowest BCUT2D eigenvalue weighted by atomic mass is 9.93. The van der Waals surface area contributed by atoms with Crippen LogP contribution >= 0.6 is 0 Å². The molecule has 4 heteroatoms. The first-order valence-corrected chi connectivity index (χ1v) is 3.78. The van der Waals surface area contributed by atoms with Gasteiger partial charge >= 0.3 is 0 Å². The van der Waals surface area contributed by atoms with Gasteiger partial charge < -0.3 is 15.6 Å². The first-order valence-electron chi connectivity index (χ1n) is 3.78. The number of carbonyl (C=O) groups excluding carboxylic acids is 1. The molecular weight excluding hydrogens is 173 g/mol. The largest absolute Gasteiger partial charge is 0.543 e. The highest BCUT2D eigenvalue weighted by molar-refractivity contribution is 5.76. The fourth-order valence-corrected chi connectivity index (χ4v) is 1.02. The lowest BCUT2D eigenvalue weighted by Gasteiger charge is -2.22. The van der Waals surface area contributed by atoms with E-state index in [1.807, 2.05) is 0 Å². The van der Waals surface area contributed by atoms with Crippen molar-refractivity contribution in [2.45, 2.75) is 12.5 Å². The number of halogens is 1. The number of hydrogen-bond donors (Lipinski definition) is 1. The van der Waals surface area contributed by atoms with Crippen LogP contribution in [-0.2, 0) is 10.3 Å². The third-order valence-corrected chi connectivity index (χ3v) is 1.92. The zero-order valence-electron chi connectivity index (χ0n) is 7.21. The second-order valence-corrected chi connectivity index (χ2v) is 3.10. The Bertz CT molecular complexity index is 336. The van der Waals surface area contributed by atoms with E-state index in [1.54, 1.807) is 6.07 Å². The Kier molecular flexibility index (Phi) is 2.34. The molecule has 70 valence electrons. The van der Waals surface area contributed by atoms with Gasteiger partial charge in [-0.25, -0.2) is 4.39 Å². The molecule has 3 N–H and O–H groups in total. The van der Waals surface area contributed by atoms with Gasteiger partial charge in [-0.15, -0.1) is 0 Å². The number of aliphatic carboxylic acids is 1. The molecule has 1 aromatic rings. The van der Waals surface area contributed by atoms with Crippen molar-refractivity contribution in [2.24, 2.45) is 0 Å². The summed E-state index contributed by atoms with van der Waals surface area (Å²) in [6.45, 7) is 1.31. The normalized spacial score (nSPS) is 15.0. The molecule has 0 heterocycles. The maximum atomic E-state index is 13.1. The Morgan fingerprint density at radius 1 is 1.54 bits per heavy atom. The average molecular weight is 183 g/mol. The summed E-state index contributed by atoms with van der Waals surface area (Å²) in [7, 11) is 0. The second-order valence-electron chi connectivity index (χ2n) is 3.10. The Labute approximate surface area is 75.0 Å². The molecule has 3 nitrogen and oxygen atoms in total. The number of quaternary nitrogens is 1. The molecule has 0 spiro atoms.